The number of ether oxygens (including phenoxy) is 1. The van der Waals surface area contributed by atoms with Gasteiger partial charge in [0.25, 0.3) is 0 Å². The summed E-state index contributed by atoms with van der Waals surface area (Å²) >= 11 is 0. The van der Waals surface area contributed by atoms with E-state index in [1.807, 2.05) is 0 Å². The Morgan fingerprint density at radius 1 is 1.32 bits per heavy atom. The molecule has 138 valence electrons. The fraction of sp³-hybridized carbons (Fsp3) is 0.500. The summed E-state index contributed by atoms with van der Waals surface area (Å²) in [5, 5.41) is 8.68. The van der Waals surface area contributed by atoms with Gasteiger partial charge in [0.2, 0.25) is 15.9 Å². The lowest BCUT2D eigenvalue weighted by molar-refractivity contribution is -0.138. The van der Waals surface area contributed by atoms with Crippen molar-refractivity contribution in [3.63, 3.8) is 0 Å². The molecule has 0 saturated carbocycles. The van der Waals surface area contributed by atoms with Crippen molar-refractivity contribution in [1.29, 1.82) is 0 Å². The fourth-order valence-electron chi connectivity index (χ4n) is 2.66. The van der Waals surface area contributed by atoms with E-state index in [0.29, 0.717) is 31.7 Å². The first kappa shape index (κ1) is 19.4. The lowest BCUT2D eigenvalue weighted by Gasteiger charge is -2.17. The number of sulfonamides is 1. The van der Waals surface area contributed by atoms with Crippen molar-refractivity contribution in [2.75, 3.05) is 31.7 Å². The highest BCUT2D eigenvalue weighted by molar-refractivity contribution is 7.89. The summed E-state index contributed by atoms with van der Waals surface area (Å²) in [5.41, 5.74) is 1.41. The minimum Gasteiger partial charge on any atom is -0.481 e. The van der Waals surface area contributed by atoms with Crippen LogP contribution < -0.4 is 9.62 Å². The van der Waals surface area contributed by atoms with Crippen LogP contribution in [0.3, 0.4) is 0 Å². The van der Waals surface area contributed by atoms with Crippen LogP contribution in [0.2, 0.25) is 0 Å². The van der Waals surface area contributed by atoms with Crippen LogP contribution in [-0.4, -0.2) is 52.2 Å². The molecule has 0 saturated heterocycles. The molecule has 1 heterocycles. The fourth-order valence-corrected chi connectivity index (χ4v) is 3.78. The predicted molar refractivity (Wildman–Crippen MR) is 91.1 cm³/mol. The number of rotatable bonds is 9. The van der Waals surface area contributed by atoms with Crippen molar-refractivity contribution >= 4 is 27.6 Å². The van der Waals surface area contributed by atoms with Crippen LogP contribution >= 0.6 is 0 Å². The van der Waals surface area contributed by atoms with Gasteiger partial charge in [-0.1, -0.05) is 0 Å². The van der Waals surface area contributed by atoms with Gasteiger partial charge in [-0.05, 0) is 36.6 Å². The maximum atomic E-state index is 12.3. The number of carboxylic acids is 1. The first-order chi connectivity index (χ1) is 11.8. The molecule has 0 unspecified atom stereocenters. The van der Waals surface area contributed by atoms with Crippen LogP contribution in [0.25, 0.3) is 0 Å². The molecule has 1 amide bonds. The summed E-state index contributed by atoms with van der Waals surface area (Å²) in [7, 11) is -2.05. The highest BCUT2D eigenvalue weighted by Crippen LogP contribution is 2.30. The van der Waals surface area contributed by atoms with E-state index in [1.165, 1.54) is 11.0 Å². The summed E-state index contributed by atoms with van der Waals surface area (Å²) in [6.07, 6.45) is 0.826. The molecule has 0 spiro atoms. The molecular formula is C16H22N2O6S. The van der Waals surface area contributed by atoms with E-state index in [-0.39, 0.29) is 30.2 Å². The highest BCUT2D eigenvalue weighted by atomic mass is 32.2. The number of nitrogens with one attached hydrogen (secondary N) is 1. The van der Waals surface area contributed by atoms with Crippen molar-refractivity contribution in [2.45, 2.75) is 30.6 Å². The van der Waals surface area contributed by atoms with E-state index in [4.69, 9.17) is 9.84 Å². The molecule has 1 aromatic rings. The zero-order valence-corrected chi connectivity index (χ0v) is 14.8. The molecule has 1 aromatic carbocycles. The van der Waals surface area contributed by atoms with Crippen molar-refractivity contribution in [3.8, 4) is 0 Å². The van der Waals surface area contributed by atoms with Gasteiger partial charge < -0.3 is 14.7 Å². The molecule has 0 aliphatic carbocycles. The number of carboxylic acid groups (broad SMARTS) is 1. The second kappa shape index (κ2) is 8.41. The van der Waals surface area contributed by atoms with Crippen molar-refractivity contribution in [3.05, 3.63) is 23.8 Å². The number of hydrogen-bond acceptors (Lipinski definition) is 5. The second-order valence-electron chi connectivity index (χ2n) is 5.72. The molecule has 0 atom stereocenters. The molecule has 2 rings (SSSR count). The monoisotopic (exact) mass is 370 g/mol. The van der Waals surface area contributed by atoms with Crippen molar-refractivity contribution < 1.29 is 27.9 Å². The van der Waals surface area contributed by atoms with Gasteiger partial charge >= 0.3 is 5.97 Å². The summed E-state index contributed by atoms with van der Waals surface area (Å²) in [6.45, 7) is 1.19. The van der Waals surface area contributed by atoms with Gasteiger partial charge in [0.15, 0.2) is 0 Å². The topological polar surface area (TPSA) is 113 Å². The molecular weight excluding hydrogens is 348 g/mol. The Morgan fingerprint density at radius 2 is 2.08 bits per heavy atom. The van der Waals surface area contributed by atoms with E-state index in [9.17, 15) is 18.0 Å². The minimum absolute atomic E-state index is 0.0735. The van der Waals surface area contributed by atoms with Gasteiger partial charge in [-0.3, -0.25) is 9.59 Å². The molecule has 2 N–H and O–H groups in total. The third-order valence-corrected chi connectivity index (χ3v) is 5.39. The Labute approximate surface area is 146 Å². The van der Waals surface area contributed by atoms with Crippen molar-refractivity contribution in [2.24, 2.45) is 0 Å². The molecule has 0 fully saturated rings. The van der Waals surface area contributed by atoms with Crippen LogP contribution in [0.4, 0.5) is 5.69 Å². The first-order valence-electron chi connectivity index (χ1n) is 7.99. The molecule has 0 aromatic heterocycles. The van der Waals surface area contributed by atoms with Gasteiger partial charge in [-0.25, -0.2) is 13.1 Å². The van der Waals surface area contributed by atoms with E-state index in [0.717, 1.165) is 5.56 Å². The molecule has 8 nitrogen and oxygen atoms in total. The molecule has 25 heavy (non-hydrogen) atoms. The maximum Gasteiger partial charge on any atom is 0.303 e. The summed E-state index contributed by atoms with van der Waals surface area (Å²) < 4.78 is 32.0. The number of fused-ring (bicyclic) bond motifs is 1. The smallest absolute Gasteiger partial charge is 0.303 e. The quantitative estimate of drug-likeness (QED) is 0.621. The number of carbonyl (C=O) groups excluding carboxylic acids is 1. The second-order valence-corrected chi connectivity index (χ2v) is 7.49. The Balaban J connectivity index is 2.08. The lowest BCUT2D eigenvalue weighted by atomic mass is 10.2. The first-order valence-corrected chi connectivity index (χ1v) is 9.47. The number of carbonyl (C=O) groups is 2. The highest BCUT2D eigenvalue weighted by Gasteiger charge is 2.26. The summed E-state index contributed by atoms with van der Waals surface area (Å²) in [5.74, 6) is -1.29. The summed E-state index contributed by atoms with van der Waals surface area (Å²) in [6, 6.07) is 4.63. The normalized spacial score (nSPS) is 13.7. The average molecular weight is 370 g/mol. The van der Waals surface area contributed by atoms with Crippen LogP contribution in [0.5, 0.6) is 0 Å². The van der Waals surface area contributed by atoms with Gasteiger partial charge in [0, 0.05) is 38.9 Å². The Kier molecular flexibility index (Phi) is 6.51. The van der Waals surface area contributed by atoms with Crippen LogP contribution in [0.15, 0.2) is 23.1 Å². The van der Waals surface area contributed by atoms with E-state index in [2.05, 4.69) is 4.72 Å². The van der Waals surface area contributed by atoms with Crippen LogP contribution in [0, 0.1) is 0 Å². The number of hydrogen-bond donors (Lipinski definition) is 2. The Morgan fingerprint density at radius 3 is 2.76 bits per heavy atom. The van der Waals surface area contributed by atoms with Gasteiger partial charge in [-0.15, -0.1) is 0 Å². The SMILES string of the molecule is COCCCNS(=O)(=O)c1ccc2c(c1)CCN2C(=O)CCC(=O)O. The zero-order chi connectivity index (χ0) is 18.4. The zero-order valence-electron chi connectivity index (χ0n) is 14.0. The van der Waals surface area contributed by atoms with E-state index < -0.39 is 16.0 Å². The van der Waals surface area contributed by atoms with Gasteiger partial charge in [0.1, 0.15) is 0 Å². The van der Waals surface area contributed by atoms with Crippen LogP contribution in [0.1, 0.15) is 24.8 Å². The standard InChI is InChI=1S/C16H22N2O6S/c1-24-10-2-8-17-25(22,23)13-3-4-14-12(11-13)7-9-18(14)15(19)5-6-16(20)21/h3-4,11,17H,2,5-10H2,1H3,(H,20,21). The van der Waals surface area contributed by atoms with E-state index in [1.54, 1.807) is 19.2 Å². The maximum absolute atomic E-state index is 12.3. The molecule has 0 bridgehead atoms. The third-order valence-electron chi connectivity index (χ3n) is 3.93. The Bertz CT molecular complexity index is 747. The lowest BCUT2D eigenvalue weighted by Crippen LogP contribution is -2.29. The number of benzene rings is 1. The molecule has 1 aliphatic rings. The largest absolute Gasteiger partial charge is 0.481 e. The number of amides is 1. The van der Waals surface area contributed by atoms with Crippen LogP contribution in [-0.2, 0) is 30.8 Å². The van der Waals surface area contributed by atoms with Crippen molar-refractivity contribution in [1.82, 2.24) is 4.72 Å². The summed E-state index contributed by atoms with van der Waals surface area (Å²) in [4.78, 5) is 24.4. The average Bonchev–Trinajstić information content (AvgIpc) is 3.00. The van der Waals surface area contributed by atoms with Gasteiger partial charge in [0.05, 0.1) is 11.3 Å². The molecule has 9 heteroatoms. The minimum atomic E-state index is -3.61. The Hall–Kier alpha value is -1.97. The third kappa shape index (κ3) is 5.00. The predicted octanol–water partition coefficient (Wildman–Crippen LogP) is 0.755. The van der Waals surface area contributed by atoms with E-state index >= 15 is 0 Å². The number of methoxy groups -OCH3 is 1. The number of aliphatic carboxylic acids is 1. The number of anilines is 1. The molecule has 0 radical (unpaired) electrons. The van der Waals surface area contributed by atoms with Gasteiger partial charge in [-0.2, -0.15) is 0 Å². The number of nitrogens with zero attached hydrogens (tertiary/aromatic N) is 1. The molecule has 1 aliphatic heterocycles.